The minimum atomic E-state index is -0.317. The average molecular weight is 354 g/mol. The molecule has 0 bridgehead atoms. The third kappa shape index (κ3) is 3.97. The van der Waals surface area contributed by atoms with Crippen molar-refractivity contribution in [2.45, 2.75) is 31.3 Å². The number of carbonyl (C=O) groups excluding carboxylic acids is 1. The van der Waals surface area contributed by atoms with Gasteiger partial charge in [-0.05, 0) is 24.5 Å². The molecular weight excluding hydrogens is 328 g/mol. The van der Waals surface area contributed by atoms with Crippen LogP contribution >= 0.6 is 0 Å². The molecule has 2 N–H and O–H groups in total. The van der Waals surface area contributed by atoms with Crippen LogP contribution in [0.1, 0.15) is 35.7 Å². The SMILES string of the molecule is O=C([C@@H]1CNCCO1)N1CCC(c2cc(Cc3ccccc3)[nH]n2)CC1. The molecule has 4 rings (SSSR count). The number of morpholine rings is 1. The van der Waals surface area contributed by atoms with Crippen LogP contribution in [0, 0.1) is 0 Å². The molecule has 2 fully saturated rings. The van der Waals surface area contributed by atoms with Crippen LogP contribution in [0.15, 0.2) is 36.4 Å². The lowest BCUT2D eigenvalue weighted by molar-refractivity contribution is -0.146. The molecule has 1 amide bonds. The summed E-state index contributed by atoms with van der Waals surface area (Å²) < 4.78 is 5.59. The van der Waals surface area contributed by atoms with E-state index in [9.17, 15) is 4.79 Å². The van der Waals surface area contributed by atoms with Crippen LogP contribution in [-0.4, -0.2) is 59.9 Å². The average Bonchev–Trinajstić information content (AvgIpc) is 3.17. The first-order valence-electron chi connectivity index (χ1n) is 9.49. The maximum absolute atomic E-state index is 12.5. The molecule has 1 aromatic carbocycles. The van der Waals surface area contributed by atoms with E-state index in [1.807, 2.05) is 11.0 Å². The second kappa shape index (κ2) is 8.01. The first-order chi connectivity index (χ1) is 12.8. The zero-order valence-corrected chi connectivity index (χ0v) is 15.0. The van der Waals surface area contributed by atoms with E-state index in [2.05, 4.69) is 45.8 Å². The largest absolute Gasteiger partial charge is 0.366 e. The Kier molecular flexibility index (Phi) is 5.32. The van der Waals surface area contributed by atoms with Crippen molar-refractivity contribution in [2.24, 2.45) is 0 Å². The van der Waals surface area contributed by atoms with Crippen molar-refractivity contribution >= 4 is 5.91 Å². The number of hydrogen-bond acceptors (Lipinski definition) is 4. The fraction of sp³-hybridized carbons (Fsp3) is 0.500. The minimum Gasteiger partial charge on any atom is -0.366 e. The second-order valence-electron chi connectivity index (χ2n) is 7.14. The summed E-state index contributed by atoms with van der Waals surface area (Å²) in [4.78, 5) is 14.5. The van der Waals surface area contributed by atoms with Crippen LogP contribution < -0.4 is 5.32 Å². The minimum absolute atomic E-state index is 0.127. The van der Waals surface area contributed by atoms with Crippen molar-refractivity contribution in [3.8, 4) is 0 Å². The van der Waals surface area contributed by atoms with Crippen LogP contribution in [0.3, 0.4) is 0 Å². The Balaban J connectivity index is 1.31. The van der Waals surface area contributed by atoms with Crippen LogP contribution in [0.4, 0.5) is 0 Å². The molecule has 138 valence electrons. The lowest BCUT2D eigenvalue weighted by atomic mass is 9.93. The van der Waals surface area contributed by atoms with Gasteiger partial charge < -0.3 is 15.0 Å². The lowest BCUT2D eigenvalue weighted by Crippen LogP contribution is -2.51. The number of nitrogens with zero attached hydrogens (tertiary/aromatic N) is 2. The molecule has 6 heteroatoms. The third-order valence-corrected chi connectivity index (χ3v) is 5.32. The van der Waals surface area contributed by atoms with E-state index in [1.54, 1.807) is 0 Å². The van der Waals surface area contributed by atoms with Crippen LogP contribution in [-0.2, 0) is 16.0 Å². The number of aromatic amines is 1. The van der Waals surface area contributed by atoms with E-state index >= 15 is 0 Å². The van der Waals surface area contributed by atoms with Crippen molar-refractivity contribution in [3.63, 3.8) is 0 Å². The van der Waals surface area contributed by atoms with E-state index in [0.717, 1.165) is 50.3 Å². The van der Waals surface area contributed by atoms with Gasteiger partial charge in [0.15, 0.2) is 0 Å². The fourth-order valence-electron chi connectivity index (χ4n) is 3.82. The molecule has 1 atom stereocenters. The number of likely N-dealkylation sites (tertiary alicyclic amines) is 1. The fourth-order valence-corrected chi connectivity index (χ4v) is 3.82. The Morgan fingerprint density at radius 3 is 2.77 bits per heavy atom. The normalized spacial score (nSPS) is 21.7. The first kappa shape index (κ1) is 17.2. The third-order valence-electron chi connectivity index (χ3n) is 5.32. The number of hydrogen-bond donors (Lipinski definition) is 2. The summed E-state index contributed by atoms with van der Waals surface area (Å²) in [7, 11) is 0. The molecule has 0 aliphatic carbocycles. The monoisotopic (exact) mass is 354 g/mol. The van der Waals surface area contributed by atoms with Gasteiger partial charge in [-0.15, -0.1) is 0 Å². The second-order valence-corrected chi connectivity index (χ2v) is 7.14. The van der Waals surface area contributed by atoms with Crippen molar-refractivity contribution in [2.75, 3.05) is 32.8 Å². The Labute approximate surface area is 153 Å². The van der Waals surface area contributed by atoms with Gasteiger partial charge in [0, 0.05) is 44.2 Å². The van der Waals surface area contributed by atoms with E-state index in [-0.39, 0.29) is 12.0 Å². The standard InChI is InChI=1S/C20H26N4O2/c25-20(19-14-21-8-11-26-19)24-9-6-16(7-10-24)18-13-17(22-23-18)12-15-4-2-1-3-5-15/h1-5,13,16,19,21H,6-12,14H2,(H,22,23)/t19-/m0/s1. The molecular formula is C20H26N4O2. The zero-order valence-electron chi connectivity index (χ0n) is 15.0. The summed E-state index contributed by atoms with van der Waals surface area (Å²) >= 11 is 0. The van der Waals surface area contributed by atoms with E-state index in [4.69, 9.17) is 4.74 Å². The number of amides is 1. The quantitative estimate of drug-likeness (QED) is 0.877. The van der Waals surface area contributed by atoms with Crippen molar-refractivity contribution in [1.82, 2.24) is 20.4 Å². The van der Waals surface area contributed by atoms with Gasteiger partial charge in [-0.2, -0.15) is 5.10 Å². The number of aromatic nitrogens is 2. The summed E-state index contributed by atoms with van der Waals surface area (Å²) in [6.45, 7) is 3.64. The number of ether oxygens (including phenoxy) is 1. The number of H-pyrrole nitrogens is 1. The molecule has 0 saturated carbocycles. The van der Waals surface area contributed by atoms with Gasteiger partial charge in [0.05, 0.1) is 12.3 Å². The number of nitrogens with one attached hydrogen (secondary N) is 2. The molecule has 2 saturated heterocycles. The summed E-state index contributed by atoms with van der Waals surface area (Å²) in [5.74, 6) is 0.549. The Morgan fingerprint density at radius 2 is 2.04 bits per heavy atom. The highest BCUT2D eigenvalue weighted by molar-refractivity contribution is 5.81. The van der Waals surface area contributed by atoms with Crippen LogP contribution in [0.5, 0.6) is 0 Å². The van der Waals surface area contributed by atoms with Crippen LogP contribution in [0.2, 0.25) is 0 Å². The Bertz CT molecular complexity index is 716. The van der Waals surface area contributed by atoms with Crippen molar-refractivity contribution in [3.05, 3.63) is 53.3 Å². The summed E-state index contributed by atoms with van der Waals surface area (Å²) in [6.07, 6.45) is 2.48. The number of benzene rings is 1. The van der Waals surface area contributed by atoms with Gasteiger partial charge in [0.1, 0.15) is 6.10 Å². The highest BCUT2D eigenvalue weighted by Gasteiger charge is 2.30. The molecule has 26 heavy (non-hydrogen) atoms. The summed E-state index contributed by atoms with van der Waals surface area (Å²) in [6, 6.07) is 12.6. The molecule has 0 spiro atoms. The maximum Gasteiger partial charge on any atom is 0.253 e. The molecule has 1 aromatic heterocycles. The number of piperidine rings is 1. The van der Waals surface area contributed by atoms with Gasteiger partial charge >= 0.3 is 0 Å². The smallest absolute Gasteiger partial charge is 0.253 e. The molecule has 2 aliphatic heterocycles. The van der Waals surface area contributed by atoms with Crippen molar-refractivity contribution < 1.29 is 9.53 Å². The highest BCUT2D eigenvalue weighted by atomic mass is 16.5. The number of rotatable bonds is 4. The highest BCUT2D eigenvalue weighted by Crippen LogP contribution is 2.28. The van der Waals surface area contributed by atoms with Gasteiger partial charge in [-0.25, -0.2) is 0 Å². The molecule has 0 radical (unpaired) electrons. The first-order valence-corrected chi connectivity index (χ1v) is 9.49. The Morgan fingerprint density at radius 1 is 1.23 bits per heavy atom. The van der Waals surface area contributed by atoms with Gasteiger partial charge in [0.25, 0.3) is 5.91 Å². The molecule has 0 unspecified atom stereocenters. The summed E-state index contributed by atoms with van der Waals surface area (Å²) in [5, 5.41) is 10.9. The zero-order chi connectivity index (χ0) is 17.8. The predicted molar refractivity (Wildman–Crippen MR) is 99.0 cm³/mol. The lowest BCUT2D eigenvalue weighted by Gasteiger charge is -2.34. The summed E-state index contributed by atoms with van der Waals surface area (Å²) in [5.41, 5.74) is 3.55. The topological polar surface area (TPSA) is 70.2 Å². The number of carbonyl (C=O) groups is 1. The van der Waals surface area contributed by atoms with E-state index in [0.29, 0.717) is 19.1 Å². The maximum atomic E-state index is 12.5. The molecule has 2 aromatic rings. The van der Waals surface area contributed by atoms with Gasteiger partial charge in [-0.1, -0.05) is 30.3 Å². The predicted octanol–water partition coefficient (Wildman–Crippen LogP) is 1.69. The molecule has 3 heterocycles. The molecule has 2 aliphatic rings. The van der Waals surface area contributed by atoms with E-state index in [1.165, 1.54) is 5.56 Å². The van der Waals surface area contributed by atoms with E-state index < -0.39 is 0 Å². The van der Waals surface area contributed by atoms with Gasteiger partial charge in [0.2, 0.25) is 0 Å². The van der Waals surface area contributed by atoms with Crippen LogP contribution in [0.25, 0.3) is 0 Å². The van der Waals surface area contributed by atoms with Gasteiger partial charge in [-0.3, -0.25) is 9.89 Å². The molecule has 6 nitrogen and oxygen atoms in total. The Hall–Kier alpha value is -2.18. The van der Waals surface area contributed by atoms with Crippen molar-refractivity contribution in [1.29, 1.82) is 0 Å².